The van der Waals surface area contributed by atoms with E-state index in [1.165, 1.54) is 0 Å². The molecule has 2 atom stereocenters. The van der Waals surface area contributed by atoms with Crippen LogP contribution in [0.15, 0.2) is 42.5 Å². The maximum absolute atomic E-state index is 13.7. The molecule has 2 aromatic carbocycles. The number of rotatable bonds is 7. The molecule has 2 aromatic rings. The molecule has 0 saturated heterocycles. The maximum atomic E-state index is 13.7. The molecule has 31 heavy (non-hydrogen) atoms. The van der Waals surface area contributed by atoms with Gasteiger partial charge in [-0.3, -0.25) is 14.4 Å². The van der Waals surface area contributed by atoms with E-state index in [1.807, 2.05) is 0 Å². The van der Waals surface area contributed by atoms with Crippen LogP contribution in [-0.2, 0) is 9.59 Å². The number of carbonyl (C=O) groups excluding carboxylic acids is 3. The summed E-state index contributed by atoms with van der Waals surface area (Å²) in [5.74, 6) is -2.93. The van der Waals surface area contributed by atoms with E-state index in [1.54, 1.807) is 29.2 Å². The highest BCUT2D eigenvalue weighted by atomic mass is 19.1. The highest BCUT2D eigenvalue weighted by molar-refractivity contribution is 6.05. The molecule has 9 heteroatoms. The summed E-state index contributed by atoms with van der Waals surface area (Å²) in [5, 5.41) is 15.0. The number of nitrogens with zero attached hydrogens (tertiary/aromatic N) is 1. The lowest BCUT2D eigenvalue weighted by Gasteiger charge is -2.24. The number of hydrogen-bond donors (Lipinski definition) is 3. The molecule has 1 saturated carbocycles. The average molecular weight is 429 g/mol. The summed E-state index contributed by atoms with van der Waals surface area (Å²) in [7, 11) is 0. The minimum absolute atomic E-state index is 0.0187. The van der Waals surface area contributed by atoms with Crippen LogP contribution < -0.4 is 10.6 Å². The first-order chi connectivity index (χ1) is 14.9. The van der Waals surface area contributed by atoms with Crippen LogP contribution in [0.3, 0.4) is 0 Å². The third kappa shape index (κ3) is 4.27. The minimum Gasteiger partial charge on any atom is -0.386 e. The summed E-state index contributed by atoms with van der Waals surface area (Å²) in [6.45, 7) is -0.682. The van der Waals surface area contributed by atoms with Gasteiger partial charge in [0.2, 0.25) is 11.8 Å². The Bertz CT molecular complexity index is 1040. The fraction of sp³-hybridized carbons (Fsp3) is 0.318. The van der Waals surface area contributed by atoms with Crippen LogP contribution >= 0.6 is 0 Å². The lowest BCUT2D eigenvalue weighted by molar-refractivity contribution is -0.129. The van der Waals surface area contributed by atoms with Gasteiger partial charge in [0.25, 0.3) is 5.91 Å². The first kappa shape index (κ1) is 20.9. The third-order valence-corrected chi connectivity index (χ3v) is 5.42. The molecule has 3 amide bonds. The quantitative estimate of drug-likeness (QED) is 0.623. The van der Waals surface area contributed by atoms with Gasteiger partial charge in [-0.15, -0.1) is 0 Å². The molecule has 2 unspecified atom stereocenters. The lowest BCUT2D eigenvalue weighted by Crippen LogP contribution is -2.44. The molecular weight excluding hydrogens is 408 g/mol. The van der Waals surface area contributed by atoms with Crippen LogP contribution in [0.4, 0.5) is 8.78 Å². The SMILES string of the molecule is O=C(CNC(=O)C1c2ccccc2C(=O)N1C1CC1)NCC(O)c1ccc(F)cc1F. The Kier molecular flexibility index (Phi) is 5.69. The van der Waals surface area contributed by atoms with Gasteiger partial charge in [0.15, 0.2) is 0 Å². The van der Waals surface area contributed by atoms with Crippen molar-refractivity contribution in [2.45, 2.75) is 31.0 Å². The molecule has 2 aliphatic rings. The van der Waals surface area contributed by atoms with Crippen LogP contribution in [0.2, 0.25) is 0 Å². The van der Waals surface area contributed by atoms with Crippen molar-refractivity contribution in [3.63, 3.8) is 0 Å². The molecule has 1 fully saturated rings. The van der Waals surface area contributed by atoms with E-state index in [0.29, 0.717) is 17.2 Å². The Morgan fingerprint density at radius 3 is 2.58 bits per heavy atom. The van der Waals surface area contributed by atoms with Crippen LogP contribution in [0.1, 0.15) is 46.5 Å². The molecule has 0 spiro atoms. The van der Waals surface area contributed by atoms with Crippen LogP contribution in [-0.4, -0.2) is 46.9 Å². The molecular formula is C22H21F2N3O4. The number of aliphatic hydroxyl groups is 1. The van der Waals surface area contributed by atoms with E-state index in [4.69, 9.17) is 0 Å². The Morgan fingerprint density at radius 2 is 1.87 bits per heavy atom. The summed E-state index contributed by atoms with van der Waals surface area (Å²) < 4.78 is 26.7. The number of carbonyl (C=O) groups is 3. The van der Waals surface area contributed by atoms with Gasteiger partial charge >= 0.3 is 0 Å². The van der Waals surface area contributed by atoms with Crippen molar-refractivity contribution < 1.29 is 28.3 Å². The number of amides is 3. The smallest absolute Gasteiger partial charge is 0.255 e. The maximum Gasteiger partial charge on any atom is 0.255 e. The van der Waals surface area contributed by atoms with Gasteiger partial charge in [-0.1, -0.05) is 24.3 Å². The van der Waals surface area contributed by atoms with E-state index in [-0.39, 0.29) is 30.6 Å². The topological polar surface area (TPSA) is 98.7 Å². The van der Waals surface area contributed by atoms with Gasteiger partial charge in [0.05, 0.1) is 12.6 Å². The van der Waals surface area contributed by atoms with Crippen molar-refractivity contribution in [2.75, 3.05) is 13.1 Å². The molecule has 1 heterocycles. The number of benzene rings is 2. The summed E-state index contributed by atoms with van der Waals surface area (Å²) >= 11 is 0. The van der Waals surface area contributed by atoms with E-state index in [0.717, 1.165) is 25.0 Å². The molecule has 0 bridgehead atoms. The molecule has 1 aliphatic carbocycles. The van der Waals surface area contributed by atoms with E-state index in [2.05, 4.69) is 10.6 Å². The third-order valence-electron chi connectivity index (χ3n) is 5.42. The zero-order chi connectivity index (χ0) is 22.1. The Morgan fingerprint density at radius 1 is 1.13 bits per heavy atom. The monoisotopic (exact) mass is 429 g/mol. The van der Waals surface area contributed by atoms with Gasteiger partial charge in [-0.25, -0.2) is 8.78 Å². The standard InChI is InChI=1S/C22H21F2N3O4/c23-12-5-8-16(17(24)9-12)18(28)10-25-19(29)11-26-21(30)20-14-3-1-2-4-15(14)22(31)27(20)13-6-7-13/h1-5,8-9,13,18,20,28H,6-7,10-11H2,(H,25,29)(H,26,30). The fourth-order valence-corrected chi connectivity index (χ4v) is 3.75. The number of halogens is 2. The van der Waals surface area contributed by atoms with Crippen molar-refractivity contribution in [2.24, 2.45) is 0 Å². The van der Waals surface area contributed by atoms with Gasteiger partial charge in [-0.05, 0) is 30.5 Å². The summed E-state index contributed by atoms with van der Waals surface area (Å²) in [5.41, 5.74) is 0.954. The summed E-state index contributed by atoms with van der Waals surface area (Å²) in [6.07, 6.45) is 0.300. The van der Waals surface area contributed by atoms with Crippen molar-refractivity contribution in [3.05, 3.63) is 70.8 Å². The van der Waals surface area contributed by atoms with Crippen LogP contribution in [0, 0.1) is 11.6 Å². The molecule has 7 nitrogen and oxygen atoms in total. The second-order valence-electron chi connectivity index (χ2n) is 7.64. The normalized spacial score (nSPS) is 18.5. The van der Waals surface area contributed by atoms with Crippen molar-refractivity contribution >= 4 is 17.7 Å². The minimum atomic E-state index is -1.37. The largest absolute Gasteiger partial charge is 0.386 e. The van der Waals surface area contributed by atoms with E-state index < -0.39 is 35.6 Å². The fourth-order valence-electron chi connectivity index (χ4n) is 3.75. The summed E-state index contributed by atoms with van der Waals surface area (Å²) in [6, 6.07) is 8.90. The van der Waals surface area contributed by atoms with E-state index >= 15 is 0 Å². The van der Waals surface area contributed by atoms with Crippen LogP contribution in [0.25, 0.3) is 0 Å². The molecule has 1 aliphatic heterocycles. The number of fused-ring (bicyclic) bond motifs is 1. The highest BCUT2D eigenvalue weighted by Crippen LogP contribution is 2.41. The number of nitrogens with one attached hydrogen (secondary N) is 2. The second-order valence-corrected chi connectivity index (χ2v) is 7.64. The Balaban J connectivity index is 1.34. The molecule has 162 valence electrons. The zero-order valence-corrected chi connectivity index (χ0v) is 16.5. The van der Waals surface area contributed by atoms with Crippen molar-refractivity contribution in [1.29, 1.82) is 0 Å². The predicted molar refractivity (Wildman–Crippen MR) is 106 cm³/mol. The van der Waals surface area contributed by atoms with Crippen molar-refractivity contribution in [3.8, 4) is 0 Å². The first-order valence-corrected chi connectivity index (χ1v) is 9.96. The highest BCUT2D eigenvalue weighted by Gasteiger charge is 2.47. The predicted octanol–water partition coefficient (Wildman–Crippen LogP) is 1.59. The lowest BCUT2D eigenvalue weighted by atomic mass is 10.0. The molecule has 4 rings (SSSR count). The molecule has 0 radical (unpaired) electrons. The van der Waals surface area contributed by atoms with E-state index in [9.17, 15) is 28.3 Å². The van der Waals surface area contributed by atoms with Gasteiger partial charge in [-0.2, -0.15) is 0 Å². The zero-order valence-electron chi connectivity index (χ0n) is 16.5. The van der Waals surface area contributed by atoms with Crippen LogP contribution in [0.5, 0.6) is 0 Å². The number of hydrogen-bond acceptors (Lipinski definition) is 4. The average Bonchev–Trinajstić information content (AvgIpc) is 3.54. The molecule has 0 aromatic heterocycles. The van der Waals surface area contributed by atoms with Gasteiger partial charge in [0.1, 0.15) is 17.7 Å². The first-order valence-electron chi connectivity index (χ1n) is 9.96. The Labute approximate surface area is 177 Å². The Hall–Kier alpha value is -3.33. The van der Waals surface area contributed by atoms with Crippen molar-refractivity contribution in [1.82, 2.24) is 15.5 Å². The second kappa shape index (κ2) is 8.43. The van der Waals surface area contributed by atoms with Gasteiger partial charge < -0.3 is 20.6 Å². The molecule has 3 N–H and O–H groups in total. The number of aliphatic hydroxyl groups excluding tert-OH is 1. The van der Waals surface area contributed by atoms with Gasteiger partial charge in [0, 0.05) is 29.8 Å². The summed E-state index contributed by atoms with van der Waals surface area (Å²) in [4.78, 5) is 39.2.